The van der Waals surface area contributed by atoms with E-state index in [9.17, 15) is 4.79 Å². The van der Waals surface area contributed by atoms with Crippen LogP contribution in [0.3, 0.4) is 0 Å². The van der Waals surface area contributed by atoms with Crippen LogP contribution in [0, 0.1) is 10.8 Å². The van der Waals surface area contributed by atoms with Gasteiger partial charge in [0, 0.05) is 58.8 Å². The summed E-state index contributed by atoms with van der Waals surface area (Å²) in [6.07, 6.45) is 6.61. The summed E-state index contributed by atoms with van der Waals surface area (Å²) in [7, 11) is 3.63. The molecule has 1 aliphatic carbocycles. The summed E-state index contributed by atoms with van der Waals surface area (Å²) in [5, 5.41) is 6.59. The van der Waals surface area contributed by atoms with Crippen molar-refractivity contribution >= 4 is 35.8 Å². The van der Waals surface area contributed by atoms with Gasteiger partial charge in [0.05, 0.1) is 0 Å². The van der Waals surface area contributed by atoms with Gasteiger partial charge in [-0.2, -0.15) is 0 Å². The first-order valence-electron chi connectivity index (χ1n) is 8.82. The summed E-state index contributed by atoms with van der Waals surface area (Å²) in [4.78, 5) is 18.5. The lowest BCUT2D eigenvalue weighted by atomic mass is 9.79. The Morgan fingerprint density at radius 2 is 2.21 bits per heavy atom. The van der Waals surface area contributed by atoms with Crippen LogP contribution in [0.1, 0.15) is 38.5 Å². The third-order valence-corrected chi connectivity index (χ3v) is 5.78. The third-order valence-electron chi connectivity index (χ3n) is 5.78. The molecule has 0 bridgehead atoms. The van der Waals surface area contributed by atoms with Gasteiger partial charge in [-0.05, 0) is 37.5 Å². The predicted molar refractivity (Wildman–Crippen MR) is 106 cm³/mol. The van der Waals surface area contributed by atoms with E-state index in [1.54, 1.807) is 7.11 Å². The number of piperidine rings is 1. The van der Waals surface area contributed by atoms with Crippen LogP contribution in [-0.4, -0.2) is 63.7 Å². The van der Waals surface area contributed by atoms with Gasteiger partial charge in [-0.1, -0.05) is 0 Å². The second kappa shape index (κ2) is 8.21. The molecule has 3 rings (SSSR count). The number of ether oxygens (including phenoxy) is 1. The van der Waals surface area contributed by atoms with Crippen LogP contribution in [0.15, 0.2) is 4.99 Å². The molecule has 1 saturated carbocycles. The highest BCUT2D eigenvalue weighted by Gasteiger charge is 2.44. The summed E-state index contributed by atoms with van der Waals surface area (Å²) >= 11 is 0. The Morgan fingerprint density at radius 1 is 1.42 bits per heavy atom. The third kappa shape index (κ3) is 4.53. The number of nitrogens with one attached hydrogen (secondary N) is 2. The average molecular weight is 450 g/mol. The van der Waals surface area contributed by atoms with Gasteiger partial charge < -0.3 is 20.3 Å². The van der Waals surface area contributed by atoms with E-state index < -0.39 is 0 Å². The molecule has 7 heteroatoms. The molecule has 1 spiro atoms. The van der Waals surface area contributed by atoms with Crippen molar-refractivity contribution in [1.82, 2.24) is 15.5 Å². The highest BCUT2D eigenvalue weighted by molar-refractivity contribution is 14.0. The predicted octanol–water partition coefficient (Wildman–Crippen LogP) is 1.60. The molecular formula is C17H31IN4O2. The van der Waals surface area contributed by atoms with E-state index in [1.807, 2.05) is 7.05 Å². The zero-order valence-corrected chi connectivity index (χ0v) is 17.2. The van der Waals surface area contributed by atoms with Crippen LogP contribution in [0.4, 0.5) is 0 Å². The van der Waals surface area contributed by atoms with Gasteiger partial charge in [-0.25, -0.2) is 0 Å². The first-order valence-corrected chi connectivity index (χ1v) is 8.82. The fourth-order valence-electron chi connectivity index (χ4n) is 4.04. The van der Waals surface area contributed by atoms with Gasteiger partial charge in [0.1, 0.15) is 0 Å². The molecule has 138 valence electrons. The lowest BCUT2D eigenvalue weighted by Crippen LogP contribution is -2.52. The molecule has 2 saturated heterocycles. The molecule has 2 N–H and O–H groups in total. The SMILES string of the molecule is CN=C(NCC1(CCOC)CC1)N1CCCC2(CNC(=O)C2)C1.I. The standard InChI is InChI=1S/C17H30N4O2.HI/c1-18-15(20-11-16(5-6-16)7-9-23-2)21-8-3-4-17(13-21)10-14(22)19-12-17;/h3-13H2,1-2H3,(H,18,20)(H,19,22);1H. The number of carbonyl (C=O) groups excluding carboxylic acids is 1. The van der Waals surface area contributed by atoms with Gasteiger partial charge in [0.2, 0.25) is 5.91 Å². The monoisotopic (exact) mass is 450 g/mol. The van der Waals surface area contributed by atoms with Crippen LogP contribution < -0.4 is 10.6 Å². The lowest BCUT2D eigenvalue weighted by Gasteiger charge is -2.41. The minimum absolute atomic E-state index is 0. The highest BCUT2D eigenvalue weighted by Crippen LogP contribution is 2.48. The summed E-state index contributed by atoms with van der Waals surface area (Å²) in [5.41, 5.74) is 0.518. The largest absolute Gasteiger partial charge is 0.385 e. The fraction of sp³-hybridized carbons (Fsp3) is 0.882. The van der Waals surface area contributed by atoms with Gasteiger partial charge in [-0.15, -0.1) is 24.0 Å². The van der Waals surface area contributed by atoms with Crippen LogP contribution in [0.2, 0.25) is 0 Å². The number of carbonyl (C=O) groups is 1. The van der Waals surface area contributed by atoms with E-state index >= 15 is 0 Å². The van der Waals surface area contributed by atoms with Crippen LogP contribution in [0.25, 0.3) is 0 Å². The highest BCUT2D eigenvalue weighted by atomic mass is 127. The van der Waals surface area contributed by atoms with Crippen molar-refractivity contribution in [2.75, 3.05) is 46.9 Å². The molecule has 0 aromatic rings. The zero-order valence-electron chi connectivity index (χ0n) is 14.9. The molecule has 2 aliphatic heterocycles. The van der Waals surface area contributed by atoms with E-state index in [0.29, 0.717) is 11.8 Å². The molecule has 0 aromatic carbocycles. The van der Waals surface area contributed by atoms with Gasteiger partial charge in [-0.3, -0.25) is 9.79 Å². The number of aliphatic imine (C=N–C) groups is 1. The second-order valence-corrected chi connectivity index (χ2v) is 7.62. The number of rotatable bonds is 5. The first-order chi connectivity index (χ1) is 11.1. The normalized spacial score (nSPS) is 28.5. The first kappa shape index (κ1) is 19.8. The Balaban J connectivity index is 0.00000208. The van der Waals surface area contributed by atoms with Crippen molar-refractivity contribution in [2.24, 2.45) is 15.8 Å². The smallest absolute Gasteiger partial charge is 0.220 e. The molecule has 3 fully saturated rings. The molecule has 0 radical (unpaired) electrons. The summed E-state index contributed by atoms with van der Waals surface area (Å²) in [5.74, 6) is 1.19. The fourth-order valence-corrected chi connectivity index (χ4v) is 4.04. The minimum Gasteiger partial charge on any atom is -0.385 e. The van der Waals surface area contributed by atoms with Crippen molar-refractivity contribution in [1.29, 1.82) is 0 Å². The number of amides is 1. The molecule has 24 heavy (non-hydrogen) atoms. The molecule has 3 aliphatic rings. The molecule has 1 unspecified atom stereocenters. The number of hydrogen-bond donors (Lipinski definition) is 2. The van der Waals surface area contributed by atoms with Gasteiger partial charge in [0.15, 0.2) is 5.96 Å². The number of likely N-dealkylation sites (tertiary alicyclic amines) is 1. The topological polar surface area (TPSA) is 66.0 Å². The lowest BCUT2D eigenvalue weighted by molar-refractivity contribution is -0.119. The average Bonchev–Trinajstić information content (AvgIpc) is 3.24. The second-order valence-electron chi connectivity index (χ2n) is 7.62. The summed E-state index contributed by atoms with van der Waals surface area (Å²) < 4.78 is 5.23. The van der Waals surface area contributed by atoms with Crippen molar-refractivity contribution in [2.45, 2.75) is 38.5 Å². The maximum Gasteiger partial charge on any atom is 0.220 e. The minimum atomic E-state index is 0. The van der Waals surface area contributed by atoms with E-state index in [1.165, 1.54) is 12.8 Å². The van der Waals surface area contributed by atoms with Crippen LogP contribution in [0.5, 0.6) is 0 Å². The van der Waals surface area contributed by atoms with Crippen molar-refractivity contribution in [3.8, 4) is 0 Å². The molecular weight excluding hydrogens is 419 g/mol. The number of hydrogen-bond acceptors (Lipinski definition) is 3. The van der Waals surface area contributed by atoms with Crippen molar-refractivity contribution in [3.63, 3.8) is 0 Å². The summed E-state index contributed by atoms with van der Waals surface area (Å²) in [6, 6.07) is 0. The van der Waals surface area contributed by atoms with Crippen LogP contribution in [-0.2, 0) is 9.53 Å². The van der Waals surface area contributed by atoms with Crippen molar-refractivity contribution in [3.05, 3.63) is 0 Å². The van der Waals surface area contributed by atoms with E-state index in [2.05, 4.69) is 20.5 Å². The molecule has 0 aromatic heterocycles. The number of halogens is 1. The Kier molecular flexibility index (Phi) is 6.75. The molecule has 1 amide bonds. The quantitative estimate of drug-likeness (QED) is 0.380. The Hall–Kier alpha value is -0.570. The van der Waals surface area contributed by atoms with Crippen LogP contribution >= 0.6 is 24.0 Å². The molecule has 6 nitrogen and oxygen atoms in total. The Bertz CT molecular complexity index is 481. The zero-order chi connectivity index (χ0) is 16.3. The van der Waals surface area contributed by atoms with E-state index in [4.69, 9.17) is 4.74 Å². The maximum atomic E-state index is 11.6. The molecule has 2 heterocycles. The van der Waals surface area contributed by atoms with Crippen molar-refractivity contribution < 1.29 is 9.53 Å². The number of nitrogens with zero attached hydrogens (tertiary/aromatic N) is 2. The number of methoxy groups -OCH3 is 1. The van der Waals surface area contributed by atoms with E-state index in [0.717, 1.165) is 58.0 Å². The Morgan fingerprint density at radius 3 is 2.79 bits per heavy atom. The van der Waals surface area contributed by atoms with Gasteiger partial charge >= 0.3 is 0 Å². The summed E-state index contributed by atoms with van der Waals surface area (Å²) in [6.45, 7) is 4.58. The number of guanidine groups is 1. The maximum absolute atomic E-state index is 11.6. The molecule has 1 atom stereocenters. The van der Waals surface area contributed by atoms with E-state index in [-0.39, 0.29) is 35.3 Å². The Labute approximate surface area is 162 Å². The van der Waals surface area contributed by atoms with Gasteiger partial charge in [0.25, 0.3) is 0 Å².